The van der Waals surface area contributed by atoms with E-state index in [0.717, 1.165) is 0 Å². The summed E-state index contributed by atoms with van der Waals surface area (Å²) in [6.45, 7) is 2.89. The summed E-state index contributed by atoms with van der Waals surface area (Å²) in [6.07, 6.45) is 1.26. The summed E-state index contributed by atoms with van der Waals surface area (Å²) >= 11 is 0. The molecule has 2 rings (SSSR count). The van der Waals surface area contributed by atoms with Crippen molar-refractivity contribution in [3.63, 3.8) is 0 Å². The van der Waals surface area contributed by atoms with Gasteiger partial charge in [-0.3, -0.25) is 9.59 Å². The highest BCUT2D eigenvalue weighted by Crippen LogP contribution is 2.34. The van der Waals surface area contributed by atoms with Crippen LogP contribution in [0.1, 0.15) is 23.7 Å². The molecule has 1 aromatic carbocycles. The maximum absolute atomic E-state index is 13.0. The Hall–Kier alpha value is -1.91. The van der Waals surface area contributed by atoms with E-state index in [1.54, 1.807) is 13.0 Å². The highest BCUT2D eigenvalue weighted by molar-refractivity contribution is 5.86. The SMILES string of the molecule is CC1(C(N)=O)CCN(c2ccc(F)cc2C=O)C1. The summed E-state index contributed by atoms with van der Waals surface area (Å²) in [7, 11) is 0. The van der Waals surface area contributed by atoms with Crippen molar-refractivity contribution < 1.29 is 14.0 Å². The molecule has 1 aliphatic rings. The number of primary amides is 1. The van der Waals surface area contributed by atoms with Crippen molar-refractivity contribution in [3.05, 3.63) is 29.6 Å². The lowest BCUT2D eigenvalue weighted by molar-refractivity contribution is -0.125. The standard InChI is InChI=1S/C13H15FN2O2/c1-13(12(15)18)4-5-16(8-13)11-3-2-10(14)6-9(11)7-17/h2-3,6-7H,4-5,8H2,1H3,(H2,15,18). The van der Waals surface area contributed by atoms with Crippen molar-refractivity contribution in [1.82, 2.24) is 0 Å². The fourth-order valence-corrected chi connectivity index (χ4v) is 2.28. The monoisotopic (exact) mass is 250 g/mol. The number of halogens is 1. The van der Waals surface area contributed by atoms with Gasteiger partial charge in [-0.15, -0.1) is 0 Å². The van der Waals surface area contributed by atoms with Crippen LogP contribution < -0.4 is 10.6 Å². The first-order valence-corrected chi connectivity index (χ1v) is 5.76. The molecule has 1 heterocycles. The van der Waals surface area contributed by atoms with E-state index in [9.17, 15) is 14.0 Å². The molecule has 0 aromatic heterocycles. The van der Waals surface area contributed by atoms with Crippen LogP contribution >= 0.6 is 0 Å². The Morgan fingerprint density at radius 3 is 2.83 bits per heavy atom. The number of aldehydes is 1. The van der Waals surface area contributed by atoms with E-state index >= 15 is 0 Å². The summed E-state index contributed by atoms with van der Waals surface area (Å²) in [6, 6.07) is 4.07. The van der Waals surface area contributed by atoms with Crippen LogP contribution in [-0.4, -0.2) is 25.3 Å². The topological polar surface area (TPSA) is 63.4 Å². The second kappa shape index (κ2) is 4.40. The minimum atomic E-state index is -0.589. The molecule has 0 saturated carbocycles. The first-order valence-electron chi connectivity index (χ1n) is 5.76. The van der Waals surface area contributed by atoms with Gasteiger partial charge in [-0.1, -0.05) is 0 Å². The van der Waals surface area contributed by atoms with Gasteiger partial charge in [0, 0.05) is 24.3 Å². The molecule has 18 heavy (non-hydrogen) atoms. The largest absolute Gasteiger partial charge is 0.370 e. The van der Waals surface area contributed by atoms with Gasteiger partial charge in [-0.2, -0.15) is 0 Å². The lowest BCUT2D eigenvalue weighted by Gasteiger charge is -2.23. The molecular weight excluding hydrogens is 235 g/mol. The van der Waals surface area contributed by atoms with Crippen molar-refractivity contribution >= 4 is 17.9 Å². The maximum Gasteiger partial charge on any atom is 0.225 e. The number of benzene rings is 1. The highest BCUT2D eigenvalue weighted by atomic mass is 19.1. The van der Waals surface area contributed by atoms with Gasteiger partial charge in [-0.25, -0.2) is 4.39 Å². The minimum Gasteiger partial charge on any atom is -0.370 e. The summed E-state index contributed by atoms with van der Waals surface area (Å²) in [5.74, 6) is -0.794. The van der Waals surface area contributed by atoms with Crippen LogP contribution in [0.15, 0.2) is 18.2 Å². The molecule has 0 spiro atoms. The summed E-state index contributed by atoms with van der Waals surface area (Å²) in [5, 5.41) is 0. The average molecular weight is 250 g/mol. The molecule has 96 valence electrons. The van der Waals surface area contributed by atoms with E-state index in [1.807, 2.05) is 4.90 Å². The molecule has 0 radical (unpaired) electrons. The van der Waals surface area contributed by atoms with E-state index < -0.39 is 11.2 Å². The Balaban J connectivity index is 2.29. The fourth-order valence-electron chi connectivity index (χ4n) is 2.28. The van der Waals surface area contributed by atoms with Gasteiger partial charge in [0.1, 0.15) is 5.82 Å². The number of hydrogen-bond acceptors (Lipinski definition) is 3. The van der Waals surface area contributed by atoms with Gasteiger partial charge in [0.25, 0.3) is 0 Å². The summed E-state index contributed by atoms with van der Waals surface area (Å²) in [5.41, 5.74) is 5.73. The first-order chi connectivity index (χ1) is 8.46. The van der Waals surface area contributed by atoms with Crippen molar-refractivity contribution in [2.75, 3.05) is 18.0 Å². The quantitative estimate of drug-likeness (QED) is 0.823. The van der Waals surface area contributed by atoms with Crippen LogP contribution in [0.2, 0.25) is 0 Å². The number of nitrogens with two attached hydrogens (primary N) is 1. The van der Waals surface area contributed by atoms with Crippen LogP contribution in [0.25, 0.3) is 0 Å². The van der Waals surface area contributed by atoms with E-state index in [0.29, 0.717) is 37.0 Å². The molecule has 1 aliphatic heterocycles. The third-order valence-electron chi connectivity index (χ3n) is 3.53. The van der Waals surface area contributed by atoms with Gasteiger partial charge in [0.15, 0.2) is 6.29 Å². The van der Waals surface area contributed by atoms with Crippen LogP contribution in [0.4, 0.5) is 10.1 Å². The molecule has 5 heteroatoms. The van der Waals surface area contributed by atoms with Crippen LogP contribution in [0, 0.1) is 11.2 Å². The zero-order valence-corrected chi connectivity index (χ0v) is 10.1. The predicted molar refractivity (Wildman–Crippen MR) is 65.9 cm³/mol. The van der Waals surface area contributed by atoms with Crippen molar-refractivity contribution in [2.24, 2.45) is 11.1 Å². The molecule has 1 aromatic rings. The van der Waals surface area contributed by atoms with Gasteiger partial charge in [-0.05, 0) is 31.5 Å². The molecule has 1 amide bonds. The fraction of sp³-hybridized carbons (Fsp3) is 0.385. The number of rotatable bonds is 3. The zero-order valence-electron chi connectivity index (χ0n) is 10.1. The number of hydrogen-bond donors (Lipinski definition) is 1. The summed E-state index contributed by atoms with van der Waals surface area (Å²) < 4.78 is 13.0. The van der Waals surface area contributed by atoms with Crippen LogP contribution in [-0.2, 0) is 4.79 Å². The number of amides is 1. The van der Waals surface area contributed by atoms with Crippen molar-refractivity contribution in [3.8, 4) is 0 Å². The second-order valence-electron chi connectivity index (χ2n) is 4.92. The lowest BCUT2D eigenvalue weighted by atomic mass is 9.89. The predicted octanol–water partition coefficient (Wildman–Crippen LogP) is 1.34. The van der Waals surface area contributed by atoms with Crippen LogP contribution in [0.3, 0.4) is 0 Å². The van der Waals surface area contributed by atoms with Crippen LogP contribution in [0.5, 0.6) is 0 Å². The highest BCUT2D eigenvalue weighted by Gasteiger charge is 2.39. The molecule has 1 atom stereocenters. The third kappa shape index (κ3) is 2.08. The van der Waals surface area contributed by atoms with Crippen molar-refractivity contribution in [2.45, 2.75) is 13.3 Å². The molecule has 1 unspecified atom stereocenters. The Kier molecular flexibility index (Phi) is 3.07. The van der Waals surface area contributed by atoms with Gasteiger partial charge < -0.3 is 10.6 Å². The Morgan fingerprint density at radius 2 is 2.28 bits per heavy atom. The van der Waals surface area contributed by atoms with E-state index in [4.69, 9.17) is 5.73 Å². The molecule has 4 nitrogen and oxygen atoms in total. The number of nitrogens with zero attached hydrogens (tertiary/aromatic N) is 1. The lowest BCUT2D eigenvalue weighted by Crippen LogP contribution is -2.37. The maximum atomic E-state index is 13.0. The molecule has 1 fully saturated rings. The Labute approximate surface area is 105 Å². The first kappa shape index (κ1) is 12.5. The summed E-state index contributed by atoms with van der Waals surface area (Å²) in [4.78, 5) is 24.2. The smallest absolute Gasteiger partial charge is 0.225 e. The molecule has 2 N–H and O–H groups in total. The van der Waals surface area contributed by atoms with E-state index in [-0.39, 0.29) is 5.91 Å². The third-order valence-corrected chi connectivity index (χ3v) is 3.53. The molecule has 0 aliphatic carbocycles. The number of carbonyl (C=O) groups is 2. The number of anilines is 1. The normalized spacial score (nSPS) is 23.1. The minimum absolute atomic E-state index is 0.295. The van der Waals surface area contributed by atoms with Gasteiger partial charge in [0.05, 0.1) is 5.41 Å². The van der Waals surface area contributed by atoms with E-state index in [2.05, 4.69) is 0 Å². The van der Waals surface area contributed by atoms with Gasteiger partial charge >= 0.3 is 0 Å². The molecule has 1 saturated heterocycles. The van der Waals surface area contributed by atoms with Gasteiger partial charge in [0.2, 0.25) is 5.91 Å². The molecule has 0 bridgehead atoms. The number of carbonyl (C=O) groups excluding carboxylic acids is 2. The van der Waals surface area contributed by atoms with E-state index in [1.165, 1.54) is 12.1 Å². The Morgan fingerprint density at radius 1 is 1.56 bits per heavy atom. The molecular formula is C13H15FN2O2. The Bertz CT molecular complexity index is 504. The average Bonchev–Trinajstić information content (AvgIpc) is 2.73. The zero-order chi connectivity index (χ0) is 13.3. The van der Waals surface area contributed by atoms with Crippen molar-refractivity contribution in [1.29, 1.82) is 0 Å². The second-order valence-corrected chi connectivity index (χ2v) is 4.92.